The van der Waals surface area contributed by atoms with E-state index in [2.05, 4.69) is 19.1 Å². The second-order valence-corrected chi connectivity index (χ2v) is 4.07. The molecule has 3 nitrogen and oxygen atoms in total. The average molecular weight is 222 g/mol. The molecule has 0 amide bonds. The van der Waals surface area contributed by atoms with Crippen molar-refractivity contribution in [1.82, 2.24) is 0 Å². The van der Waals surface area contributed by atoms with Crippen LogP contribution in [0.1, 0.15) is 31.2 Å². The average Bonchev–Trinajstić information content (AvgIpc) is 2.35. The van der Waals surface area contributed by atoms with Gasteiger partial charge in [0.05, 0.1) is 7.11 Å². The van der Waals surface area contributed by atoms with Gasteiger partial charge in [-0.15, -0.1) is 0 Å². The Hall–Kier alpha value is -1.06. The lowest BCUT2D eigenvalue weighted by atomic mass is 9.88. The molecule has 0 aliphatic rings. The zero-order chi connectivity index (χ0) is 12.0. The Kier molecular flexibility index (Phi) is 5.29. The van der Waals surface area contributed by atoms with Gasteiger partial charge in [0.2, 0.25) is 0 Å². The molecular formula is C13H22N2O. The van der Waals surface area contributed by atoms with E-state index in [0.29, 0.717) is 12.5 Å². The first kappa shape index (κ1) is 13.0. The summed E-state index contributed by atoms with van der Waals surface area (Å²) in [6, 6.07) is 8.14. The van der Waals surface area contributed by atoms with Gasteiger partial charge in [-0.05, 0) is 24.1 Å². The smallest absolute Gasteiger partial charge is 0.118 e. The van der Waals surface area contributed by atoms with Crippen molar-refractivity contribution in [2.24, 2.45) is 11.5 Å². The molecule has 16 heavy (non-hydrogen) atoms. The van der Waals surface area contributed by atoms with Crippen molar-refractivity contribution in [2.75, 3.05) is 13.7 Å². The van der Waals surface area contributed by atoms with Gasteiger partial charge in [0.1, 0.15) is 5.75 Å². The number of rotatable bonds is 6. The summed E-state index contributed by atoms with van der Waals surface area (Å²) >= 11 is 0. The molecule has 2 unspecified atom stereocenters. The Balaban J connectivity index is 2.83. The fourth-order valence-corrected chi connectivity index (χ4v) is 1.95. The highest BCUT2D eigenvalue weighted by Gasteiger charge is 2.17. The van der Waals surface area contributed by atoms with Crippen molar-refractivity contribution in [3.8, 4) is 5.75 Å². The lowest BCUT2D eigenvalue weighted by Gasteiger charge is -2.22. The van der Waals surface area contributed by atoms with E-state index < -0.39 is 0 Å². The maximum Gasteiger partial charge on any atom is 0.118 e. The normalized spacial score (nSPS) is 14.5. The quantitative estimate of drug-likeness (QED) is 0.772. The van der Waals surface area contributed by atoms with Crippen molar-refractivity contribution < 1.29 is 4.74 Å². The third kappa shape index (κ3) is 3.22. The van der Waals surface area contributed by atoms with E-state index in [1.807, 2.05) is 12.1 Å². The zero-order valence-corrected chi connectivity index (χ0v) is 10.1. The Morgan fingerprint density at radius 1 is 1.25 bits per heavy atom. The van der Waals surface area contributed by atoms with Gasteiger partial charge in [-0.3, -0.25) is 0 Å². The molecule has 0 heterocycles. The molecule has 0 aliphatic heterocycles. The minimum Gasteiger partial charge on any atom is -0.497 e. The minimum absolute atomic E-state index is 0.0355. The molecule has 0 radical (unpaired) electrons. The molecule has 0 aliphatic carbocycles. The van der Waals surface area contributed by atoms with Crippen molar-refractivity contribution in [2.45, 2.75) is 31.7 Å². The number of methoxy groups -OCH3 is 1. The summed E-state index contributed by atoms with van der Waals surface area (Å²) in [7, 11) is 1.67. The number of benzene rings is 1. The first-order valence-corrected chi connectivity index (χ1v) is 5.82. The molecule has 90 valence electrons. The summed E-state index contributed by atoms with van der Waals surface area (Å²) in [4.78, 5) is 0. The van der Waals surface area contributed by atoms with Gasteiger partial charge >= 0.3 is 0 Å². The van der Waals surface area contributed by atoms with Crippen LogP contribution in [0.5, 0.6) is 5.75 Å². The third-order valence-electron chi connectivity index (χ3n) is 2.93. The van der Waals surface area contributed by atoms with Gasteiger partial charge < -0.3 is 16.2 Å². The minimum atomic E-state index is 0.0355. The summed E-state index contributed by atoms with van der Waals surface area (Å²) in [5.74, 6) is 1.22. The number of hydrogen-bond acceptors (Lipinski definition) is 3. The molecule has 0 fully saturated rings. The van der Waals surface area contributed by atoms with Crippen LogP contribution < -0.4 is 16.2 Å². The summed E-state index contributed by atoms with van der Waals surface area (Å²) in [6.07, 6.45) is 2.19. The fraction of sp³-hybridized carbons (Fsp3) is 0.538. The van der Waals surface area contributed by atoms with Crippen molar-refractivity contribution in [1.29, 1.82) is 0 Å². The molecule has 4 N–H and O–H groups in total. The summed E-state index contributed by atoms with van der Waals surface area (Å²) in [5.41, 5.74) is 12.9. The van der Waals surface area contributed by atoms with E-state index in [0.717, 1.165) is 18.6 Å². The van der Waals surface area contributed by atoms with Gasteiger partial charge in [-0.1, -0.05) is 25.5 Å². The van der Waals surface area contributed by atoms with E-state index in [-0.39, 0.29) is 6.04 Å². The Morgan fingerprint density at radius 2 is 1.88 bits per heavy atom. The summed E-state index contributed by atoms with van der Waals surface area (Å²) in [5, 5.41) is 0. The standard InChI is InChI=1S/C13H22N2O/c1-3-4-12(13(15)9-14)10-5-7-11(16-2)8-6-10/h5-8,12-13H,3-4,9,14-15H2,1-2H3. The first-order chi connectivity index (χ1) is 7.72. The summed E-state index contributed by atoms with van der Waals surface area (Å²) in [6.45, 7) is 2.69. The molecule has 1 rings (SSSR count). The van der Waals surface area contributed by atoms with Crippen LogP contribution in [0.15, 0.2) is 24.3 Å². The molecule has 0 saturated heterocycles. The first-order valence-electron chi connectivity index (χ1n) is 5.82. The monoisotopic (exact) mass is 222 g/mol. The van der Waals surface area contributed by atoms with Crippen LogP contribution >= 0.6 is 0 Å². The second-order valence-electron chi connectivity index (χ2n) is 4.07. The van der Waals surface area contributed by atoms with Crippen molar-refractivity contribution in [3.05, 3.63) is 29.8 Å². The molecule has 0 spiro atoms. The predicted octanol–water partition coefficient (Wildman–Crippen LogP) is 1.86. The van der Waals surface area contributed by atoms with E-state index in [1.165, 1.54) is 5.56 Å². The van der Waals surface area contributed by atoms with Crippen LogP contribution in [0.3, 0.4) is 0 Å². The number of hydrogen-bond donors (Lipinski definition) is 2. The lowest BCUT2D eigenvalue weighted by molar-refractivity contribution is 0.414. The zero-order valence-electron chi connectivity index (χ0n) is 10.1. The van der Waals surface area contributed by atoms with Gasteiger partial charge in [-0.2, -0.15) is 0 Å². The highest BCUT2D eigenvalue weighted by molar-refractivity contribution is 5.30. The van der Waals surface area contributed by atoms with E-state index >= 15 is 0 Å². The fourth-order valence-electron chi connectivity index (χ4n) is 1.95. The van der Waals surface area contributed by atoms with Crippen LogP contribution in [0.4, 0.5) is 0 Å². The van der Waals surface area contributed by atoms with Crippen LogP contribution in [-0.4, -0.2) is 19.7 Å². The molecule has 1 aromatic carbocycles. The summed E-state index contributed by atoms with van der Waals surface area (Å²) < 4.78 is 5.14. The van der Waals surface area contributed by atoms with Gasteiger partial charge in [-0.25, -0.2) is 0 Å². The van der Waals surface area contributed by atoms with E-state index in [1.54, 1.807) is 7.11 Å². The van der Waals surface area contributed by atoms with Crippen LogP contribution in [-0.2, 0) is 0 Å². The molecule has 1 aromatic rings. The Morgan fingerprint density at radius 3 is 2.31 bits per heavy atom. The number of ether oxygens (including phenoxy) is 1. The maximum absolute atomic E-state index is 6.05. The molecule has 0 saturated carbocycles. The highest BCUT2D eigenvalue weighted by atomic mass is 16.5. The Labute approximate surface area is 97.8 Å². The van der Waals surface area contributed by atoms with Crippen LogP contribution in [0, 0.1) is 0 Å². The third-order valence-corrected chi connectivity index (χ3v) is 2.93. The Bertz CT molecular complexity index is 297. The van der Waals surface area contributed by atoms with Crippen LogP contribution in [0.25, 0.3) is 0 Å². The van der Waals surface area contributed by atoms with E-state index in [9.17, 15) is 0 Å². The predicted molar refractivity (Wildman–Crippen MR) is 67.7 cm³/mol. The topological polar surface area (TPSA) is 61.3 Å². The SMILES string of the molecule is CCCC(c1ccc(OC)cc1)C(N)CN. The molecule has 3 heteroatoms. The van der Waals surface area contributed by atoms with Gasteiger partial charge in [0.25, 0.3) is 0 Å². The van der Waals surface area contributed by atoms with Gasteiger partial charge in [0, 0.05) is 18.5 Å². The van der Waals surface area contributed by atoms with Crippen LogP contribution in [0.2, 0.25) is 0 Å². The van der Waals surface area contributed by atoms with E-state index in [4.69, 9.17) is 16.2 Å². The second kappa shape index (κ2) is 6.51. The largest absolute Gasteiger partial charge is 0.497 e. The molecule has 0 aromatic heterocycles. The lowest BCUT2D eigenvalue weighted by Crippen LogP contribution is -2.35. The molecule has 0 bridgehead atoms. The molecule has 2 atom stereocenters. The van der Waals surface area contributed by atoms with Crippen molar-refractivity contribution in [3.63, 3.8) is 0 Å². The van der Waals surface area contributed by atoms with Crippen molar-refractivity contribution >= 4 is 0 Å². The van der Waals surface area contributed by atoms with Gasteiger partial charge in [0.15, 0.2) is 0 Å². The number of nitrogens with two attached hydrogens (primary N) is 2. The molecular weight excluding hydrogens is 200 g/mol. The highest BCUT2D eigenvalue weighted by Crippen LogP contribution is 2.25. The maximum atomic E-state index is 6.05.